The van der Waals surface area contributed by atoms with E-state index in [1.807, 2.05) is 0 Å². The Bertz CT molecular complexity index is 538. The lowest BCUT2D eigenvalue weighted by atomic mass is 10.1. The van der Waals surface area contributed by atoms with E-state index in [1.54, 1.807) is 0 Å². The summed E-state index contributed by atoms with van der Waals surface area (Å²) < 4.78 is 28.1. The normalized spacial score (nSPS) is 30.8. The van der Waals surface area contributed by atoms with Gasteiger partial charge in [0.2, 0.25) is 5.91 Å². The maximum absolute atomic E-state index is 11.8. The second-order valence-corrected chi connectivity index (χ2v) is 6.50. The van der Waals surface area contributed by atoms with Gasteiger partial charge < -0.3 is 4.74 Å². The lowest BCUT2D eigenvalue weighted by Gasteiger charge is -2.46. The van der Waals surface area contributed by atoms with E-state index in [0.29, 0.717) is 5.57 Å². The molecule has 0 aromatic heterocycles. The summed E-state index contributed by atoms with van der Waals surface area (Å²) in [6.07, 6.45) is 0. The first-order valence-corrected chi connectivity index (χ1v) is 6.93. The molecule has 2 rings (SSSR count). The van der Waals surface area contributed by atoms with Crippen LogP contribution in [-0.4, -0.2) is 48.8 Å². The Morgan fingerprint density at radius 3 is 2.65 bits per heavy atom. The van der Waals surface area contributed by atoms with Crippen molar-refractivity contribution in [1.82, 2.24) is 4.90 Å². The van der Waals surface area contributed by atoms with Gasteiger partial charge in [-0.15, -0.1) is 11.6 Å². The van der Waals surface area contributed by atoms with Crippen molar-refractivity contribution in [2.45, 2.75) is 17.7 Å². The third kappa shape index (κ3) is 1.56. The molecule has 1 amide bonds. The van der Waals surface area contributed by atoms with Gasteiger partial charge in [0.05, 0.1) is 12.9 Å². The van der Waals surface area contributed by atoms with Crippen LogP contribution < -0.4 is 0 Å². The number of esters is 1. The number of hydrogen-bond donors (Lipinski definition) is 0. The molecule has 0 aliphatic carbocycles. The summed E-state index contributed by atoms with van der Waals surface area (Å²) in [6.45, 7) is 1.48. The van der Waals surface area contributed by atoms with Gasteiger partial charge in [-0.05, 0) is 12.5 Å². The topological polar surface area (TPSA) is 80.8 Å². The summed E-state index contributed by atoms with van der Waals surface area (Å²) in [5.41, 5.74) is 0.291. The van der Waals surface area contributed by atoms with E-state index in [1.165, 1.54) is 14.0 Å². The van der Waals surface area contributed by atoms with Crippen LogP contribution in [0.15, 0.2) is 11.3 Å². The Hall–Kier alpha value is -1.08. The zero-order valence-electron chi connectivity index (χ0n) is 9.14. The largest absolute Gasteiger partial charge is 0.464 e. The van der Waals surface area contributed by atoms with Crippen molar-refractivity contribution >= 4 is 33.3 Å². The van der Waals surface area contributed by atoms with Gasteiger partial charge in [0.15, 0.2) is 15.2 Å². The number of ether oxygens (including phenoxy) is 1. The molecule has 6 nitrogen and oxygen atoms in total. The number of carbonyl (C=O) groups is 2. The third-order valence-corrected chi connectivity index (χ3v) is 5.42. The van der Waals surface area contributed by atoms with Crippen LogP contribution in [0.5, 0.6) is 0 Å². The molecule has 17 heavy (non-hydrogen) atoms. The van der Waals surface area contributed by atoms with Crippen LogP contribution in [0, 0.1) is 0 Å². The lowest BCUT2D eigenvalue weighted by Crippen LogP contribution is -2.68. The van der Waals surface area contributed by atoms with Crippen molar-refractivity contribution in [3.8, 4) is 0 Å². The average molecular weight is 280 g/mol. The fraction of sp³-hybridized carbons (Fsp3) is 0.556. The Morgan fingerprint density at radius 2 is 2.12 bits per heavy atom. The highest BCUT2D eigenvalue weighted by Gasteiger charge is 2.58. The number of nitrogens with zero attached hydrogens (tertiary/aromatic N) is 1. The van der Waals surface area contributed by atoms with Crippen LogP contribution in [-0.2, 0) is 24.2 Å². The van der Waals surface area contributed by atoms with Crippen LogP contribution in [0.1, 0.15) is 6.92 Å². The second-order valence-electron chi connectivity index (χ2n) is 3.93. The summed E-state index contributed by atoms with van der Waals surface area (Å²) in [6, 6.07) is 0. The van der Waals surface area contributed by atoms with Gasteiger partial charge in [-0.2, -0.15) is 0 Å². The molecule has 0 aromatic carbocycles. The molecular weight excluding hydrogens is 270 g/mol. The average Bonchev–Trinajstić information content (AvgIpc) is 2.25. The van der Waals surface area contributed by atoms with E-state index < -0.39 is 32.5 Å². The molecule has 1 saturated heterocycles. The Balaban J connectivity index is 2.54. The first-order valence-electron chi connectivity index (χ1n) is 4.78. The minimum absolute atomic E-state index is 0.00535. The van der Waals surface area contributed by atoms with Gasteiger partial charge >= 0.3 is 5.97 Å². The van der Waals surface area contributed by atoms with E-state index in [4.69, 9.17) is 11.6 Å². The molecule has 2 heterocycles. The number of hydrogen-bond acceptors (Lipinski definition) is 5. The van der Waals surface area contributed by atoms with Crippen LogP contribution in [0.4, 0.5) is 0 Å². The van der Waals surface area contributed by atoms with Gasteiger partial charge in [0, 0.05) is 0 Å². The maximum atomic E-state index is 11.8. The minimum Gasteiger partial charge on any atom is -0.464 e. The molecule has 2 aliphatic rings. The highest BCUT2D eigenvalue weighted by Crippen LogP contribution is 2.39. The number of β-lactam (4-membered cyclic amide) rings is 1. The zero-order chi connectivity index (χ0) is 13.0. The molecule has 0 saturated carbocycles. The lowest BCUT2D eigenvalue weighted by molar-refractivity contribution is -0.147. The molecule has 1 fully saturated rings. The van der Waals surface area contributed by atoms with Crippen molar-refractivity contribution in [2.24, 2.45) is 0 Å². The van der Waals surface area contributed by atoms with Gasteiger partial charge in [-0.25, -0.2) is 13.2 Å². The van der Waals surface area contributed by atoms with Crippen LogP contribution in [0.2, 0.25) is 0 Å². The summed E-state index contributed by atoms with van der Waals surface area (Å²) in [4.78, 5) is 24.0. The summed E-state index contributed by atoms with van der Waals surface area (Å²) >= 11 is 5.67. The molecule has 0 N–H and O–H groups in total. The van der Waals surface area contributed by atoms with Crippen molar-refractivity contribution < 1.29 is 22.7 Å². The SMILES string of the molecule is COC(=O)C1=C(C)CS(=O)(=O)[C@H]2[C@@H](Cl)C(=O)N12. The van der Waals surface area contributed by atoms with Crippen molar-refractivity contribution in [1.29, 1.82) is 0 Å². The molecule has 94 valence electrons. The fourth-order valence-electron chi connectivity index (χ4n) is 2.04. The van der Waals surface area contributed by atoms with E-state index in [2.05, 4.69) is 4.74 Å². The van der Waals surface area contributed by atoms with Gasteiger partial charge in [0.25, 0.3) is 0 Å². The molecule has 0 aromatic rings. The number of fused-ring (bicyclic) bond motifs is 1. The molecule has 2 atom stereocenters. The molecule has 0 radical (unpaired) electrons. The Morgan fingerprint density at radius 1 is 1.53 bits per heavy atom. The second kappa shape index (κ2) is 3.71. The monoisotopic (exact) mass is 279 g/mol. The third-order valence-electron chi connectivity index (χ3n) is 2.79. The number of carbonyl (C=O) groups excluding carboxylic acids is 2. The van der Waals surface area contributed by atoms with Gasteiger partial charge in [-0.3, -0.25) is 9.69 Å². The first kappa shape index (κ1) is 12.4. The zero-order valence-corrected chi connectivity index (χ0v) is 10.7. The number of alkyl halides is 1. The number of rotatable bonds is 1. The summed E-state index contributed by atoms with van der Waals surface area (Å²) in [5.74, 6) is -1.59. The van der Waals surface area contributed by atoms with E-state index in [0.717, 1.165) is 4.90 Å². The fourth-order valence-corrected chi connectivity index (χ4v) is 4.65. The molecular formula is C9H10ClNO5S. The van der Waals surface area contributed by atoms with Crippen molar-refractivity contribution in [3.63, 3.8) is 0 Å². The van der Waals surface area contributed by atoms with Crippen LogP contribution >= 0.6 is 11.6 Å². The molecule has 0 bridgehead atoms. The number of amides is 1. The van der Waals surface area contributed by atoms with E-state index in [9.17, 15) is 18.0 Å². The van der Waals surface area contributed by atoms with Crippen molar-refractivity contribution in [3.05, 3.63) is 11.3 Å². The standard InChI is InChI=1S/C9H10ClNO5S/c1-4-3-17(14,15)8-5(10)7(12)11(8)6(4)9(13)16-2/h5,8H,3H2,1-2H3/t5-,8-/m0/s1. The van der Waals surface area contributed by atoms with Crippen LogP contribution in [0.3, 0.4) is 0 Å². The predicted molar refractivity (Wildman–Crippen MR) is 58.8 cm³/mol. The first-order chi connectivity index (χ1) is 7.81. The van der Waals surface area contributed by atoms with E-state index in [-0.39, 0.29) is 11.4 Å². The molecule has 0 unspecified atom stereocenters. The summed E-state index contributed by atoms with van der Waals surface area (Å²) in [7, 11) is -2.35. The Labute approximate surface area is 103 Å². The number of halogens is 1. The summed E-state index contributed by atoms with van der Waals surface area (Å²) in [5, 5.41) is -2.26. The number of methoxy groups -OCH3 is 1. The molecule has 8 heteroatoms. The molecule has 2 aliphatic heterocycles. The van der Waals surface area contributed by atoms with E-state index >= 15 is 0 Å². The highest BCUT2D eigenvalue weighted by molar-refractivity contribution is 7.92. The quantitative estimate of drug-likeness (QED) is 0.372. The molecule has 0 spiro atoms. The minimum atomic E-state index is -3.52. The highest BCUT2D eigenvalue weighted by atomic mass is 35.5. The van der Waals surface area contributed by atoms with Gasteiger partial charge in [0.1, 0.15) is 11.1 Å². The smallest absolute Gasteiger partial charge is 0.354 e. The van der Waals surface area contributed by atoms with Crippen LogP contribution in [0.25, 0.3) is 0 Å². The van der Waals surface area contributed by atoms with Crippen molar-refractivity contribution in [2.75, 3.05) is 12.9 Å². The van der Waals surface area contributed by atoms with Gasteiger partial charge in [-0.1, -0.05) is 0 Å². The maximum Gasteiger partial charge on any atom is 0.354 e. The predicted octanol–water partition coefficient (Wildman–Crippen LogP) is -0.363. The Kier molecular flexibility index (Phi) is 2.70. The number of sulfone groups is 1.